The third kappa shape index (κ3) is 2.00. The third-order valence-electron chi connectivity index (χ3n) is 2.45. The summed E-state index contributed by atoms with van der Waals surface area (Å²) in [7, 11) is 1.59. The Labute approximate surface area is 93.6 Å². The van der Waals surface area contributed by atoms with Crippen molar-refractivity contribution in [2.24, 2.45) is 0 Å². The number of likely N-dealkylation sites (N-methyl/N-ethyl adjacent to an activating group) is 1. The minimum Gasteiger partial charge on any atom is -0.481 e. The van der Waals surface area contributed by atoms with E-state index in [1.165, 1.54) is 0 Å². The van der Waals surface area contributed by atoms with Gasteiger partial charge in [0.2, 0.25) is 0 Å². The van der Waals surface area contributed by atoms with E-state index in [0.717, 1.165) is 10.9 Å². The van der Waals surface area contributed by atoms with E-state index < -0.39 is 6.10 Å². The average Bonchev–Trinajstić information content (AvgIpc) is 2.75. The standard InChI is InChI=1S/C12H14N2O2/c1-8(12(15)13-2)16-10-3-4-11-9(7-10)5-6-14-11/h3-8,14H,1-2H3,(H,13,15). The number of amides is 1. The van der Waals surface area contributed by atoms with E-state index in [2.05, 4.69) is 10.3 Å². The molecule has 1 aromatic heterocycles. The smallest absolute Gasteiger partial charge is 0.260 e. The first-order valence-corrected chi connectivity index (χ1v) is 5.16. The first-order valence-electron chi connectivity index (χ1n) is 5.16. The molecule has 0 saturated carbocycles. The minimum absolute atomic E-state index is 0.130. The number of aromatic amines is 1. The molecule has 84 valence electrons. The molecule has 2 aromatic rings. The van der Waals surface area contributed by atoms with Crippen LogP contribution in [0.4, 0.5) is 0 Å². The van der Waals surface area contributed by atoms with E-state index in [1.807, 2.05) is 30.5 Å². The quantitative estimate of drug-likeness (QED) is 0.823. The minimum atomic E-state index is -0.485. The van der Waals surface area contributed by atoms with Crippen molar-refractivity contribution in [1.29, 1.82) is 0 Å². The highest BCUT2D eigenvalue weighted by molar-refractivity contribution is 5.82. The number of benzene rings is 1. The molecular formula is C12H14N2O2. The Morgan fingerprint density at radius 3 is 3.00 bits per heavy atom. The van der Waals surface area contributed by atoms with Crippen molar-refractivity contribution >= 4 is 16.8 Å². The molecule has 1 unspecified atom stereocenters. The van der Waals surface area contributed by atoms with Crippen molar-refractivity contribution in [3.05, 3.63) is 30.5 Å². The van der Waals surface area contributed by atoms with Gasteiger partial charge in [-0.3, -0.25) is 4.79 Å². The van der Waals surface area contributed by atoms with Gasteiger partial charge >= 0.3 is 0 Å². The lowest BCUT2D eigenvalue weighted by atomic mass is 10.2. The van der Waals surface area contributed by atoms with Gasteiger partial charge < -0.3 is 15.0 Å². The topological polar surface area (TPSA) is 54.1 Å². The summed E-state index contributed by atoms with van der Waals surface area (Å²) in [6.45, 7) is 1.72. The monoisotopic (exact) mass is 218 g/mol. The molecule has 0 bridgehead atoms. The highest BCUT2D eigenvalue weighted by atomic mass is 16.5. The summed E-state index contributed by atoms with van der Waals surface area (Å²) in [6, 6.07) is 7.65. The summed E-state index contributed by atoms with van der Waals surface area (Å²) in [5.41, 5.74) is 1.06. The average molecular weight is 218 g/mol. The van der Waals surface area contributed by atoms with Crippen LogP contribution in [0.3, 0.4) is 0 Å². The van der Waals surface area contributed by atoms with E-state index >= 15 is 0 Å². The zero-order chi connectivity index (χ0) is 11.5. The zero-order valence-electron chi connectivity index (χ0n) is 9.28. The number of rotatable bonds is 3. The fourth-order valence-electron chi connectivity index (χ4n) is 1.57. The summed E-state index contributed by atoms with van der Waals surface area (Å²) in [6.07, 6.45) is 1.39. The summed E-state index contributed by atoms with van der Waals surface area (Å²) in [5, 5.41) is 3.62. The highest BCUT2D eigenvalue weighted by Crippen LogP contribution is 2.20. The van der Waals surface area contributed by atoms with E-state index in [9.17, 15) is 4.79 Å². The number of H-pyrrole nitrogens is 1. The van der Waals surface area contributed by atoms with Crippen molar-refractivity contribution in [3.63, 3.8) is 0 Å². The van der Waals surface area contributed by atoms with E-state index in [-0.39, 0.29) is 5.91 Å². The van der Waals surface area contributed by atoms with Crippen LogP contribution in [0.1, 0.15) is 6.92 Å². The van der Waals surface area contributed by atoms with Crippen LogP contribution in [0.2, 0.25) is 0 Å². The lowest BCUT2D eigenvalue weighted by Crippen LogP contribution is -2.33. The fourth-order valence-corrected chi connectivity index (χ4v) is 1.57. The van der Waals surface area contributed by atoms with Gasteiger partial charge in [0, 0.05) is 24.1 Å². The van der Waals surface area contributed by atoms with Crippen molar-refractivity contribution in [1.82, 2.24) is 10.3 Å². The summed E-state index contributed by atoms with van der Waals surface area (Å²) in [4.78, 5) is 14.4. The van der Waals surface area contributed by atoms with E-state index in [1.54, 1.807) is 14.0 Å². The van der Waals surface area contributed by atoms with E-state index in [4.69, 9.17) is 4.74 Å². The molecule has 2 rings (SSSR count). The molecule has 0 aliphatic rings. The first kappa shape index (κ1) is 10.5. The first-order chi connectivity index (χ1) is 7.70. The highest BCUT2D eigenvalue weighted by Gasteiger charge is 2.12. The Kier molecular flexibility index (Phi) is 2.81. The SMILES string of the molecule is CNC(=O)C(C)Oc1ccc2[nH]ccc2c1. The van der Waals surface area contributed by atoms with Gasteiger partial charge in [0.1, 0.15) is 5.75 Å². The molecule has 1 amide bonds. The Balaban J connectivity index is 2.17. The Morgan fingerprint density at radius 2 is 2.25 bits per heavy atom. The number of nitrogens with one attached hydrogen (secondary N) is 2. The summed E-state index contributed by atoms with van der Waals surface area (Å²) >= 11 is 0. The normalized spacial score (nSPS) is 12.4. The second-order valence-corrected chi connectivity index (χ2v) is 3.60. The van der Waals surface area contributed by atoms with Crippen molar-refractivity contribution in [2.75, 3.05) is 7.05 Å². The van der Waals surface area contributed by atoms with Gasteiger partial charge in [-0.1, -0.05) is 0 Å². The predicted molar refractivity (Wildman–Crippen MR) is 62.5 cm³/mol. The molecular weight excluding hydrogens is 204 g/mol. The maximum absolute atomic E-state index is 11.3. The van der Waals surface area contributed by atoms with Crippen molar-refractivity contribution in [3.8, 4) is 5.75 Å². The van der Waals surface area contributed by atoms with Gasteiger partial charge in [0.15, 0.2) is 6.10 Å². The number of carbonyl (C=O) groups is 1. The number of hydrogen-bond donors (Lipinski definition) is 2. The summed E-state index contributed by atoms with van der Waals surface area (Å²) in [5.74, 6) is 0.567. The predicted octanol–water partition coefficient (Wildman–Crippen LogP) is 1.68. The van der Waals surface area contributed by atoms with Crippen LogP contribution in [-0.4, -0.2) is 24.0 Å². The molecule has 1 atom stereocenters. The van der Waals surface area contributed by atoms with Gasteiger partial charge in [0.05, 0.1) is 0 Å². The van der Waals surface area contributed by atoms with Crippen molar-refractivity contribution in [2.45, 2.75) is 13.0 Å². The van der Waals surface area contributed by atoms with Crippen LogP contribution in [0.25, 0.3) is 10.9 Å². The number of hydrogen-bond acceptors (Lipinski definition) is 2. The van der Waals surface area contributed by atoms with E-state index in [0.29, 0.717) is 5.75 Å². The van der Waals surface area contributed by atoms with Gasteiger partial charge in [-0.05, 0) is 31.2 Å². The molecule has 4 nitrogen and oxygen atoms in total. The Morgan fingerprint density at radius 1 is 1.44 bits per heavy atom. The van der Waals surface area contributed by atoms with Gasteiger partial charge in [0.25, 0.3) is 5.91 Å². The molecule has 0 radical (unpaired) electrons. The number of fused-ring (bicyclic) bond motifs is 1. The van der Waals surface area contributed by atoms with Crippen molar-refractivity contribution < 1.29 is 9.53 Å². The van der Waals surface area contributed by atoms with Crippen LogP contribution in [-0.2, 0) is 4.79 Å². The third-order valence-corrected chi connectivity index (χ3v) is 2.45. The molecule has 0 spiro atoms. The van der Waals surface area contributed by atoms with Crippen LogP contribution < -0.4 is 10.1 Å². The van der Waals surface area contributed by atoms with Gasteiger partial charge in [-0.25, -0.2) is 0 Å². The number of ether oxygens (including phenoxy) is 1. The molecule has 1 aromatic carbocycles. The maximum atomic E-state index is 11.3. The number of aromatic nitrogens is 1. The summed E-state index contributed by atoms with van der Waals surface area (Å²) < 4.78 is 5.52. The largest absolute Gasteiger partial charge is 0.481 e. The van der Waals surface area contributed by atoms with Crippen LogP contribution in [0, 0.1) is 0 Å². The molecule has 0 aliphatic heterocycles. The molecule has 4 heteroatoms. The molecule has 0 aliphatic carbocycles. The second-order valence-electron chi connectivity index (χ2n) is 3.60. The van der Waals surface area contributed by atoms with Crippen LogP contribution in [0.15, 0.2) is 30.5 Å². The maximum Gasteiger partial charge on any atom is 0.260 e. The molecule has 1 heterocycles. The van der Waals surface area contributed by atoms with Gasteiger partial charge in [-0.15, -0.1) is 0 Å². The second kappa shape index (κ2) is 4.26. The lowest BCUT2D eigenvalue weighted by molar-refractivity contribution is -0.126. The molecule has 0 saturated heterocycles. The Bertz CT molecular complexity index is 504. The molecule has 2 N–H and O–H groups in total. The number of carbonyl (C=O) groups excluding carboxylic acids is 1. The molecule has 16 heavy (non-hydrogen) atoms. The zero-order valence-corrected chi connectivity index (χ0v) is 9.28. The van der Waals surface area contributed by atoms with Crippen LogP contribution in [0.5, 0.6) is 5.75 Å². The van der Waals surface area contributed by atoms with Crippen LogP contribution >= 0.6 is 0 Å². The lowest BCUT2D eigenvalue weighted by Gasteiger charge is -2.12. The van der Waals surface area contributed by atoms with Gasteiger partial charge in [-0.2, -0.15) is 0 Å². The fraction of sp³-hybridized carbons (Fsp3) is 0.250. The Hall–Kier alpha value is -1.97. The molecule has 0 fully saturated rings.